The van der Waals surface area contributed by atoms with Crippen LogP contribution in [0.3, 0.4) is 0 Å². The standard InChI is InChI=1S/C22H25FN2O4/c1-14(8-16-10-18(28-2)4-5-19(16)23)11-22(27,21(26)29-3)12-17-9-15-6-7-24-13-20(15)25-17/h4-7,9-10,13-14,25,27H,8,11-12H2,1-3H3. The molecule has 0 amide bonds. The molecule has 0 saturated heterocycles. The summed E-state index contributed by atoms with van der Waals surface area (Å²) in [6.07, 6.45) is 3.88. The minimum atomic E-state index is -1.74. The molecule has 0 aliphatic heterocycles. The molecule has 0 spiro atoms. The maximum absolute atomic E-state index is 14.2. The van der Waals surface area contributed by atoms with Gasteiger partial charge in [0, 0.05) is 23.7 Å². The third-order valence-electron chi connectivity index (χ3n) is 5.04. The van der Waals surface area contributed by atoms with Crippen molar-refractivity contribution < 1.29 is 23.8 Å². The molecule has 154 valence electrons. The smallest absolute Gasteiger partial charge is 0.338 e. The number of benzene rings is 1. The number of aromatic nitrogens is 2. The van der Waals surface area contributed by atoms with E-state index < -0.39 is 11.6 Å². The van der Waals surface area contributed by atoms with Crippen molar-refractivity contribution >= 4 is 16.9 Å². The summed E-state index contributed by atoms with van der Waals surface area (Å²) in [6.45, 7) is 1.86. The molecule has 0 saturated carbocycles. The number of pyridine rings is 1. The highest BCUT2D eigenvalue weighted by molar-refractivity contribution is 5.81. The number of carbonyl (C=O) groups is 1. The van der Waals surface area contributed by atoms with Crippen molar-refractivity contribution in [3.63, 3.8) is 0 Å². The van der Waals surface area contributed by atoms with Crippen LogP contribution in [0.25, 0.3) is 10.9 Å². The molecule has 0 aliphatic carbocycles. The van der Waals surface area contributed by atoms with Gasteiger partial charge in [-0.15, -0.1) is 0 Å². The lowest BCUT2D eigenvalue weighted by atomic mass is 9.84. The molecule has 3 rings (SSSR count). The topological polar surface area (TPSA) is 84.4 Å². The van der Waals surface area contributed by atoms with E-state index in [1.165, 1.54) is 20.3 Å². The van der Waals surface area contributed by atoms with E-state index in [1.807, 2.05) is 19.1 Å². The molecule has 0 aliphatic rings. The van der Waals surface area contributed by atoms with Crippen molar-refractivity contribution in [2.45, 2.75) is 31.8 Å². The van der Waals surface area contributed by atoms with Crippen LogP contribution in [0.1, 0.15) is 24.6 Å². The second kappa shape index (κ2) is 8.61. The Morgan fingerprint density at radius 3 is 2.79 bits per heavy atom. The Labute approximate surface area is 168 Å². The van der Waals surface area contributed by atoms with Crippen molar-refractivity contribution in [2.75, 3.05) is 14.2 Å². The number of carbonyl (C=O) groups excluding carboxylic acids is 1. The van der Waals surface area contributed by atoms with Crippen LogP contribution in [0.15, 0.2) is 42.7 Å². The lowest BCUT2D eigenvalue weighted by molar-refractivity contribution is -0.164. The Balaban J connectivity index is 1.79. The van der Waals surface area contributed by atoms with Gasteiger partial charge in [-0.1, -0.05) is 6.92 Å². The number of hydrogen-bond acceptors (Lipinski definition) is 5. The first kappa shape index (κ1) is 20.8. The van der Waals surface area contributed by atoms with E-state index in [0.717, 1.165) is 10.9 Å². The van der Waals surface area contributed by atoms with Crippen LogP contribution in [0.5, 0.6) is 5.75 Å². The Morgan fingerprint density at radius 2 is 2.10 bits per heavy atom. The summed E-state index contributed by atoms with van der Waals surface area (Å²) in [4.78, 5) is 19.6. The lowest BCUT2D eigenvalue weighted by Gasteiger charge is -2.28. The number of aliphatic hydroxyl groups is 1. The lowest BCUT2D eigenvalue weighted by Crippen LogP contribution is -2.43. The second-order valence-electron chi connectivity index (χ2n) is 7.43. The van der Waals surface area contributed by atoms with Crippen molar-refractivity contribution in [1.29, 1.82) is 0 Å². The van der Waals surface area contributed by atoms with Crippen LogP contribution in [0.2, 0.25) is 0 Å². The molecule has 0 bridgehead atoms. The monoisotopic (exact) mass is 400 g/mol. The molecule has 2 N–H and O–H groups in total. The minimum Gasteiger partial charge on any atom is -0.497 e. The summed E-state index contributed by atoms with van der Waals surface area (Å²) in [5.74, 6) is -0.690. The Bertz CT molecular complexity index is 970. The fourth-order valence-electron chi connectivity index (χ4n) is 3.72. The molecule has 2 heterocycles. The van der Waals surface area contributed by atoms with Gasteiger partial charge in [0.15, 0.2) is 5.60 Å². The number of H-pyrrole nitrogens is 1. The van der Waals surface area contributed by atoms with Crippen LogP contribution in [0, 0.1) is 11.7 Å². The van der Waals surface area contributed by atoms with E-state index in [-0.39, 0.29) is 24.6 Å². The maximum atomic E-state index is 14.2. The van der Waals surface area contributed by atoms with Crippen LogP contribution in [-0.2, 0) is 22.4 Å². The number of esters is 1. The highest BCUT2D eigenvalue weighted by Gasteiger charge is 2.39. The summed E-state index contributed by atoms with van der Waals surface area (Å²) < 4.78 is 24.2. The number of rotatable bonds is 8. The molecular formula is C22H25FN2O4. The van der Waals surface area contributed by atoms with Gasteiger partial charge in [-0.2, -0.15) is 0 Å². The molecule has 6 nitrogen and oxygen atoms in total. The molecule has 3 aromatic rings. The minimum absolute atomic E-state index is 0.0548. The highest BCUT2D eigenvalue weighted by Crippen LogP contribution is 2.28. The van der Waals surface area contributed by atoms with Gasteiger partial charge in [0.1, 0.15) is 11.6 Å². The molecule has 2 atom stereocenters. The largest absolute Gasteiger partial charge is 0.497 e. The molecule has 29 heavy (non-hydrogen) atoms. The van der Waals surface area contributed by atoms with Gasteiger partial charge in [-0.05, 0) is 54.7 Å². The average molecular weight is 400 g/mol. The van der Waals surface area contributed by atoms with Crippen LogP contribution in [0.4, 0.5) is 4.39 Å². The van der Waals surface area contributed by atoms with Crippen molar-refractivity contribution in [2.24, 2.45) is 5.92 Å². The van der Waals surface area contributed by atoms with E-state index in [2.05, 4.69) is 9.97 Å². The normalized spacial score (nSPS) is 14.4. The number of nitrogens with zero attached hydrogens (tertiary/aromatic N) is 1. The van der Waals surface area contributed by atoms with Crippen LogP contribution < -0.4 is 4.74 Å². The highest BCUT2D eigenvalue weighted by atomic mass is 19.1. The number of hydrogen-bond donors (Lipinski definition) is 2. The summed E-state index contributed by atoms with van der Waals surface area (Å²) in [5, 5.41) is 12.1. The quantitative estimate of drug-likeness (QED) is 0.566. The molecule has 2 aromatic heterocycles. The Kier molecular flexibility index (Phi) is 6.17. The summed E-state index contributed by atoms with van der Waals surface area (Å²) in [5.41, 5.74) is 0.250. The molecule has 7 heteroatoms. The zero-order valence-electron chi connectivity index (χ0n) is 16.7. The molecule has 2 unspecified atom stereocenters. The third kappa shape index (κ3) is 4.74. The maximum Gasteiger partial charge on any atom is 0.338 e. The summed E-state index contributed by atoms with van der Waals surface area (Å²) in [7, 11) is 2.77. The SMILES string of the molecule is COC(=O)C(O)(Cc1cc2ccncc2[nH]1)CC(C)Cc1cc(OC)ccc1F. The predicted octanol–water partition coefficient (Wildman–Crippen LogP) is 3.43. The fraction of sp³-hybridized carbons (Fsp3) is 0.364. The predicted molar refractivity (Wildman–Crippen MR) is 107 cm³/mol. The second-order valence-corrected chi connectivity index (χ2v) is 7.43. The van der Waals surface area contributed by atoms with Gasteiger partial charge in [0.05, 0.1) is 25.9 Å². The summed E-state index contributed by atoms with van der Waals surface area (Å²) in [6, 6.07) is 8.26. The molecule has 1 aromatic carbocycles. The Morgan fingerprint density at radius 1 is 1.31 bits per heavy atom. The molecular weight excluding hydrogens is 375 g/mol. The first-order chi connectivity index (χ1) is 13.8. The van der Waals surface area contributed by atoms with E-state index in [4.69, 9.17) is 9.47 Å². The first-order valence-corrected chi connectivity index (χ1v) is 9.39. The molecule has 0 radical (unpaired) electrons. The van der Waals surface area contributed by atoms with Gasteiger partial charge in [-0.25, -0.2) is 9.18 Å². The number of nitrogens with one attached hydrogen (secondary N) is 1. The number of aromatic amines is 1. The number of fused-ring (bicyclic) bond motifs is 1. The van der Waals surface area contributed by atoms with Gasteiger partial charge in [0.2, 0.25) is 0 Å². The third-order valence-corrected chi connectivity index (χ3v) is 5.04. The zero-order valence-corrected chi connectivity index (χ0v) is 16.7. The van der Waals surface area contributed by atoms with Gasteiger partial charge < -0.3 is 19.6 Å². The van der Waals surface area contributed by atoms with E-state index >= 15 is 0 Å². The van der Waals surface area contributed by atoms with E-state index in [1.54, 1.807) is 24.5 Å². The number of methoxy groups -OCH3 is 2. The first-order valence-electron chi connectivity index (χ1n) is 9.39. The summed E-state index contributed by atoms with van der Waals surface area (Å²) >= 11 is 0. The van der Waals surface area contributed by atoms with E-state index in [0.29, 0.717) is 23.4 Å². The number of ether oxygens (including phenoxy) is 2. The van der Waals surface area contributed by atoms with E-state index in [9.17, 15) is 14.3 Å². The van der Waals surface area contributed by atoms with Gasteiger partial charge in [0.25, 0.3) is 0 Å². The average Bonchev–Trinajstić information content (AvgIpc) is 3.10. The van der Waals surface area contributed by atoms with Crippen molar-refractivity contribution in [3.05, 3.63) is 59.8 Å². The van der Waals surface area contributed by atoms with Crippen LogP contribution in [-0.4, -0.2) is 40.9 Å². The zero-order chi connectivity index (χ0) is 21.0. The van der Waals surface area contributed by atoms with Gasteiger partial charge in [-0.3, -0.25) is 4.98 Å². The number of halogens is 1. The van der Waals surface area contributed by atoms with Crippen LogP contribution >= 0.6 is 0 Å². The Hall–Kier alpha value is -2.93. The van der Waals surface area contributed by atoms with Gasteiger partial charge >= 0.3 is 5.97 Å². The van der Waals surface area contributed by atoms with Crippen molar-refractivity contribution in [1.82, 2.24) is 9.97 Å². The van der Waals surface area contributed by atoms with Crippen molar-refractivity contribution in [3.8, 4) is 5.75 Å². The fourth-order valence-corrected chi connectivity index (χ4v) is 3.72. The molecule has 0 fully saturated rings.